The number of hydrogen-bond acceptors (Lipinski definition) is 5. The van der Waals surface area contributed by atoms with E-state index in [1.54, 1.807) is 7.11 Å². The summed E-state index contributed by atoms with van der Waals surface area (Å²) in [5, 5.41) is 0. The highest BCUT2D eigenvalue weighted by Gasteiger charge is 2.12. The van der Waals surface area contributed by atoms with Crippen LogP contribution < -0.4 is 5.73 Å². The van der Waals surface area contributed by atoms with Gasteiger partial charge in [0.1, 0.15) is 18.0 Å². The predicted octanol–water partition coefficient (Wildman–Crippen LogP) is 1.91. The van der Waals surface area contributed by atoms with Gasteiger partial charge in [0.05, 0.1) is 17.2 Å². The van der Waals surface area contributed by atoms with Gasteiger partial charge in [-0.3, -0.25) is 0 Å². The van der Waals surface area contributed by atoms with E-state index in [9.17, 15) is 0 Å². The van der Waals surface area contributed by atoms with E-state index in [1.807, 2.05) is 25.1 Å². The number of nitrogen functional groups attached to an aromatic ring is 1. The molecule has 6 nitrogen and oxygen atoms in total. The van der Waals surface area contributed by atoms with Gasteiger partial charge in [-0.1, -0.05) is 12.0 Å². The van der Waals surface area contributed by atoms with Crippen LogP contribution in [0, 0.1) is 18.8 Å². The van der Waals surface area contributed by atoms with Crippen molar-refractivity contribution >= 4 is 16.9 Å². The van der Waals surface area contributed by atoms with E-state index in [1.165, 1.54) is 6.20 Å². The lowest BCUT2D eigenvalue weighted by atomic mass is 10.2. The van der Waals surface area contributed by atoms with Crippen molar-refractivity contribution in [3.63, 3.8) is 0 Å². The highest BCUT2D eigenvalue weighted by atomic mass is 16.5. The molecule has 0 saturated heterocycles. The van der Waals surface area contributed by atoms with Gasteiger partial charge < -0.3 is 15.5 Å². The molecule has 3 rings (SSSR count). The summed E-state index contributed by atoms with van der Waals surface area (Å²) in [4.78, 5) is 16.3. The van der Waals surface area contributed by atoms with Crippen molar-refractivity contribution in [3.05, 3.63) is 35.7 Å². The lowest BCUT2D eigenvalue weighted by Gasteiger charge is -2.00. The molecule has 0 aliphatic carbocycles. The fourth-order valence-electron chi connectivity index (χ4n) is 2.07. The second-order valence-electron chi connectivity index (χ2n) is 4.83. The zero-order valence-electron chi connectivity index (χ0n) is 12.3. The first kappa shape index (κ1) is 14.0. The van der Waals surface area contributed by atoms with Crippen LogP contribution in [-0.4, -0.2) is 33.7 Å². The van der Waals surface area contributed by atoms with Crippen molar-refractivity contribution in [2.24, 2.45) is 0 Å². The van der Waals surface area contributed by atoms with Gasteiger partial charge in [-0.15, -0.1) is 0 Å². The Morgan fingerprint density at radius 1 is 1.32 bits per heavy atom. The maximum Gasteiger partial charge on any atom is 0.161 e. The topological polar surface area (TPSA) is 89.7 Å². The zero-order valence-corrected chi connectivity index (χ0v) is 12.3. The Bertz CT molecular complexity index is 888. The minimum Gasteiger partial charge on any atom is -0.382 e. The smallest absolute Gasteiger partial charge is 0.161 e. The van der Waals surface area contributed by atoms with Crippen LogP contribution in [0.2, 0.25) is 0 Å². The maximum atomic E-state index is 5.92. The van der Waals surface area contributed by atoms with Gasteiger partial charge in [0, 0.05) is 7.11 Å². The van der Waals surface area contributed by atoms with E-state index in [0.29, 0.717) is 29.6 Å². The van der Waals surface area contributed by atoms with E-state index in [-0.39, 0.29) is 0 Å². The summed E-state index contributed by atoms with van der Waals surface area (Å²) in [5.41, 5.74) is 9.90. The van der Waals surface area contributed by atoms with Crippen LogP contribution in [0.3, 0.4) is 0 Å². The van der Waals surface area contributed by atoms with Crippen molar-refractivity contribution in [2.45, 2.75) is 6.92 Å². The van der Waals surface area contributed by atoms with Crippen molar-refractivity contribution in [1.82, 2.24) is 19.9 Å². The van der Waals surface area contributed by atoms with Gasteiger partial charge in [0.25, 0.3) is 0 Å². The molecule has 0 fully saturated rings. The van der Waals surface area contributed by atoms with Crippen molar-refractivity contribution < 1.29 is 4.74 Å². The predicted molar refractivity (Wildman–Crippen MR) is 85.0 cm³/mol. The minimum atomic E-state index is 0.313. The number of anilines is 1. The monoisotopic (exact) mass is 293 g/mol. The molecule has 2 aromatic heterocycles. The van der Waals surface area contributed by atoms with E-state index < -0.39 is 0 Å². The number of methoxy groups -OCH3 is 1. The van der Waals surface area contributed by atoms with Crippen LogP contribution in [0.1, 0.15) is 11.3 Å². The number of ether oxygens (including phenoxy) is 1. The Kier molecular flexibility index (Phi) is 3.73. The normalized spacial score (nSPS) is 10.5. The summed E-state index contributed by atoms with van der Waals surface area (Å²) in [5.74, 6) is 6.61. The van der Waals surface area contributed by atoms with Gasteiger partial charge in [-0.2, -0.15) is 0 Å². The fraction of sp³-hybridized carbons (Fsp3) is 0.188. The van der Waals surface area contributed by atoms with E-state index in [2.05, 4.69) is 31.8 Å². The summed E-state index contributed by atoms with van der Waals surface area (Å²) < 4.78 is 4.89. The Balaban J connectivity index is 2.05. The molecular formula is C16H15N5O. The average Bonchev–Trinajstić information content (AvgIpc) is 2.92. The molecule has 110 valence electrons. The molecule has 2 heterocycles. The number of nitrogens with one attached hydrogen (secondary N) is 1. The highest BCUT2D eigenvalue weighted by molar-refractivity contribution is 5.81. The lowest BCUT2D eigenvalue weighted by Crippen LogP contribution is -2.00. The number of aromatic nitrogens is 4. The Morgan fingerprint density at radius 3 is 3.00 bits per heavy atom. The summed E-state index contributed by atoms with van der Waals surface area (Å²) >= 11 is 0. The van der Waals surface area contributed by atoms with E-state index in [4.69, 9.17) is 10.5 Å². The largest absolute Gasteiger partial charge is 0.382 e. The molecule has 3 aromatic rings. The molecule has 6 heteroatoms. The van der Waals surface area contributed by atoms with Crippen LogP contribution in [0.15, 0.2) is 24.4 Å². The molecule has 3 N–H and O–H groups in total. The number of fused-ring (bicyclic) bond motifs is 1. The van der Waals surface area contributed by atoms with Gasteiger partial charge in [0.15, 0.2) is 11.6 Å². The molecule has 0 atom stereocenters. The molecule has 0 saturated carbocycles. The molecule has 1 aromatic carbocycles. The Hall–Kier alpha value is -2.91. The summed E-state index contributed by atoms with van der Waals surface area (Å²) in [6, 6.07) is 5.99. The molecule has 0 spiro atoms. The second-order valence-corrected chi connectivity index (χ2v) is 4.83. The number of imidazole rings is 1. The van der Waals surface area contributed by atoms with Crippen LogP contribution in [0.4, 0.5) is 5.82 Å². The second kappa shape index (κ2) is 5.84. The number of benzene rings is 1. The number of aromatic amines is 1. The third kappa shape index (κ3) is 2.75. The van der Waals surface area contributed by atoms with E-state index in [0.717, 1.165) is 16.6 Å². The fourth-order valence-corrected chi connectivity index (χ4v) is 2.07. The SMILES string of the molecule is COCC#Cc1cnc(N)c(-c2nc3ccc(C)cc3[nH]2)n1. The summed E-state index contributed by atoms with van der Waals surface area (Å²) in [6.45, 7) is 2.37. The first-order valence-corrected chi connectivity index (χ1v) is 6.74. The van der Waals surface area contributed by atoms with Crippen molar-refractivity contribution in [2.75, 3.05) is 19.5 Å². The molecule has 0 bridgehead atoms. The van der Waals surface area contributed by atoms with Crippen LogP contribution >= 0.6 is 0 Å². The molecule has 0 unspecified atom stereocenters. The number of aryl methyl sites for hydroxylation is 1. The third-order valence-electron chi connectivity index (χ3n) is 3.10. The van der Waals surface area contributed by atoms with Crippen LogP contribution in [0.5, 0.6) is 0 Å². The quantitative estimate of drug-likeness (QED) is 0.704. The summed E-state index contributed by atoms with van der Waals surface area (Å²) in [7, 11) is 1.59. The van der Waals surface area contributed by atoms with E-state index >= 15 is 0 Å². The third-order valence-corrected chi connectivity index (χ3v) is 3.10. The maximum absolute atomic E-state index is 5.92. The Morgan fingerprint density at radius 2 is 2.18 bits per heavy atom. The minimum absolute atomic E-state index is 0.313. The molecule has 0 aliphatic rings. The highest BCUT2D eigenvalue weighted by Crippen LogP contribution is 2.23. The molecule has 0 aliphatic heterocycles. The standard InChI is InChI=1S/C16H15N5O/c1-10-5-6-12-13(8-10)21-16(20-12)14-15(17)18-9-11(19-14)4-3-7-22-2/h5-6,8-9H,7H2,1-2H3,(H2,17,18)(H,20,21). The number of rotatable bonds is 2. The molecular weight excluding hydrogens is 278 g/mol. The van der Waals surface area contributed by atoms with Gasteiger partial charge >= 0.3 is 0 Å². The Labute approximate surface area is 127 Å². The lowest BCUT2D eigenvalue weighted by molar-refractivity contribution is 0.240. The number of hydrogen-bond donors (Lipinski definition) is 2. The van der Waals surface area contributed by atoms with Crippen LogP contribution in [-0.2, 0) is 4.74 Å². The van der Waals surface area contributed by atoms with Crippen molar-refractivity contribution in [3.8, 4) is 23.4 Å². The van der Waals surface area contributed by atoms with Crippen molar-refractivity contribution in [1.29, 1.82) is 0 Å². The first-order chi connectivity index (χ1) is 10.7. The van der Waals surface area contributed by atoms with Gasteiger partial charge in [-0.05, 0) is 30.5 Å². The zero-order chi connectivity index (χ0) is 15.5. The molecule has 22 heavy (non-hydrogen) atoms. The number of nitrogens with zero attached hydrogens (tertiary/aromatic N) is 3. The summed E-state index contributed by atoms with van der Waals surface area (Å²) in [6.07, 6.45) is 1.54. The van der Waals surface area contributed by atoms with Crippen LogP contribution in [0.25, 0.3) is 22.6 Å². The van der Waals surface area contributed by atoms with Gasteiger partial charge in [0.2, 0.25) is 0 Å². The van der Waals surface area contributed by atoms with Gasteiger partial charge in [-0.25, -0.2) is 15.0 Å². The molecule has 0 amide bonds. The average molecular weight is 293 g/mol. The molecule has 0 radical (unpaired) electrons. The number of H-pyrrole nitrogens is 1. The first-order valence-electron chi connectivity index (χ1n) is 6.74. The number of nitrogens with two attached hydrogens (primary N) is 1.